The summed E-state index contributed by atoms with van der Waals surface area (Å²) in [4.78, 5) is 10.4. The van der Waals surface area contributed by atoms with E-state index < -0.39 is 4.92 Å². The molecule has 0 radical (unpaired) electrons. The van der Waals surface area contributed by atoms with Gasteiger partial charge in [-0.05, 0) is 23.8 Å². The summed E-state index contributed by atoms with van der Waals surface area (Å²) in [5.41, 5.74) is 1.60. The van der Waals surface area contributed by atoms with E-state index in [0.717, 1.165) is 11.3 Å². The molecule has 0 aliphatic rings. The van der Waals surface area contributed by atoms with Crippen molar-refractivity contribution in [1.29, 1.82) is 0 Å². The molecule has 2 aromatic rings. The normalized spacial score (nSPS) is 10.2. The summed E-state index contributed by atoms with van der Waals surface area (Å²) in [5, 5.41) is 21.7. The number of hydrogen-bond acceptors (Lipinski definition) is 6. The van der Waals surface area contributed by atoms with Crippen molar-refractivity contribution >= 4 is 5.69 Å². The summed E-state index contributed by atoms with van der Waals surface area (Å²) in [5.74, 6) is 0.468. The van der Waals surface area contributed by atoms with Gasteiger partial charge in [-0.2, -0.15) is 10.2 Å². The first-order chi connectivity index (χ1) is 9.69. The van der Waals surface area contributed by atoms with E-state index in [4.69, 9.17) is 4.74 Å². The Morgan fingerprint density at radius 2 is 2.20 bits per heavy atom. The molecule has 0 amide bonds. The molecule has 1 N–H and O–H groups in total. The number of aromatic nitrogens is 2. The van der Waals surface area contributed by atoms with Crippen molar-refractivity contribution in [1.82, 2.24) is 15.5 Å². The van der Waals surface area contributed by atoms with Gasteiger partial charge in [0.25, 0.3) is 5.69 Å². The van der Waals surface area contributed by atoms with Gasteiger partial charge in [-0.15, -0.1) is 0 Å². The zero-order valence-electron chi connectivity index (χ0n) is 10.9. The van der Waals surface area contributed by atoms with Gasteiger partial charge < -0.3 is 10.1 Å². The van der Waals surface area contributed by atoms with E-state index in [1.165, 1.54) is 19.2 Å². The lowest BCUT2D eigenvalue weighted by molar-refractivity contribution is -0.385. The van der Waals surface area contributed by atoms with E-state index in [1.807, 2.05) is 6.07 Å². The van der Waals surface area contributed by atoms with Crippen molar-refractivity contribution in [3.05, 3.63) is 57.9 Å². The SMILES string of the molecule is COc1cc(CNCc2cccnn2)cc([N+](=O)[O-])c1. The Hall–Kier alpha value is -2.54. The quantitative estimate of drug-likeness (QED) is 0.636. The summed E-state index contributed by atoms with van der Waals surface area (Å²) in [6.07, 6.45) is 1.61. The minimum atomic E-state index is -0.436. The molecule has 0 saturated heterocycles. The van der Waals surface area contributed by atoms with E-state index in [0.29, 0.717) is 18.8 Å². The Bertz CT molecular complexity index is 589. The van der Waals surface area contributed by atoms with Crippen LogP contribution >= 0.6 is 0 Å². The average molecular weight is 274 g/mol. The monoisotopic (exact) mass is 274 g/mol. The highest BCUT2D eigenvalue weighted by molar-refractivity contribution is 5.42. The molecule has 1 aromatic carbocycles. The third-order valence-electron chi connectivity index (χ3n) is 2.66. The van der Waals surface area contributed by atoms with E-state index in [9.17, 15) is 10.1 Å². The first-order valence-corrected chi connectivity index (χ1v) is 5.98. The Kier molecular flexibility index (Phi) is 4.56. The van der Waals surface area contributed by atoms with Gasteiger partial charge in [0.15, 0.2) is 0 Å². The Balaban J connectivity index is 2.02. The second-order valence-corrected chi connectivity index (χ2v) is 4.11. The van der Waals surface area contributed by atoms with E-state index in [1.54, 1.807) is 18.3 Å². The van der Waals surface area contributed by atoms with E-state index in [2.05, 4.69) is 15.5 Å². The highest BCUT2D eigenvalue weighted by Gasteiger charge is 2.10. The van der Waals surface area contributed by atoms with Crippen molar-refractivity contribution in [2.45, 2.75) is 13.1 Å². The number of nitro benzene ring substituents is 1. The summed E-state index contributed by atoms with van der Waals surface area (Å²) in [6.45, 7) is 1.02. The first kappa shape index (κ1) is 13.9. The molecule has 0 atom stereocenters. The molecule has 0 unspecified atom stereocenters. The maximum atomic E-state index is 10.8. The van der Waals surface area contributed by atoms with Crippen LogP contribution in [0.15, 0.2) is 36.5 Å². The van der Waals surface area contributed by atoms with Gasteiger partial charge in [-0.3, -0.25) is 10.1 Å². The molecule has 0 saturated carbocycles. The van der Waals surface area contributed by atoms with Crippen LogP contribution in [0.4, 0.5) is 5.69 Å². The molecule has 0 aliphatic carbocycles. The van der Waals surface area contributed by atoms with Crippen molar-refractivity contribution in [3.63, 3.8) is 0 Å². The lowest BCUT2D eigenvalue weighted by Gasteiger charge is -2.06. The number of nitrogens with one attached hydrogen (secondary N) is 1. The van der Waals surface area contributed by atoms with Crippen LogP contribution in [0, 0.1) is 10.1 Å². The largest absolute Gasteiger partial charge is 0.496 e. The van der Waals surface area contributed by atoms with Crippen LogP contribution in [0.3, 0.4) is 0 Å². The average Bonchev–Trinajstić information content (AvgIpc) is 2.48. The smallest absolute Gasteiger partial charge is 0.273 e. The molecule has 0 spiro atoms. The molecular formula is C13H14N4O3. The predicted molar refractivity (Wildman–Crippen MR) is 72.2 cm³/mol. The first-order valence-electron chi connectivity index (χ1n) is 5.98. The number of benzene rings is 1. The molecule has 20 heavy (non-hydrogen) atoms. The number of hydrogen-bond donors (Lipinski definition) is 1. The van der Waals surface area contributed by atoms with Crippen molar-refractivity contribution < 1.29 is 9.66 Å². The lowest BCUT2D eigenvalue weighted by Crippen LogP contribution is -2.14. The number of non-ortho nitro benzene ring substituents is 1. The van der Waals surface area contributed by atoms with Crippen LogP contribution in [0.1, 0.15) is 11.3 Å². The molecule has 0 aliphatic heterocycles. The summed E-state index contributed by atoms with van der Waals surface area (Å²) < 4.78 is 5.06. The highest BCUT2D eigenvalue weighted by Crippen LogP contribution is 2.22. The summed E-state index contributed by atoms with van der Waals surface area (Å²) >= 11 is 0. The molecular weight excluding hydrogens is 260 g/mol. The van der Waals surface area contributed by atoms with E-state index in [-0.39, 0.29) is 5.69 Å². The van der Waals surface area contributed by atoms with Gasteiger partial charge in [0.05, 0.1) is 23.8 Å². The zero-order chi connectivity index (χ0) is 14.4. The van der Waals surface area contributed by atoms with Crippen LogP contribution in [0.2, 0.25) is 0 Å². The molecule has 1 heterocycles. The maximum Gasteiger partial charge on any atom is 0.273 e. The summed E-state index contributed by atoms with van der Waals surface area (Å²) in [7, 11) is 1.48. The zero-order valence-corrected chi connectivity index (χ0v) is 10.9. The van der Waals surface area contributed by atoms with Crippen molar-refractivity contribution in [3.8, 4) is 5.75 Å². The highest BCUT2D eigenvalue weighted by atomic mass is 16.6. The van der Waals surface area contributed by atoms with Gasteiger partial charge >= 0.3 is 0 Å². The molecule has 0 fully saturated rings. The third kappa shape index (κ3) is 3.72. The fourth-order valence-electron chi connectivity index (χ4n) is 1.73. The van der Waals surface area contributed by atoms with Crippen LogP contribution < -0.4 is 10.1 Å². The van der Waals surface area contributed by atoms with E-state index >= 15 is 0 Å². The van der Waals surface area contributed by atoms with Gasteiger partial charge in [0.2, 0.25) is 0 Å². The third-order valence-corrected chi connectivity index (χ3v) is 2.66. The van der Waals surface area contributed by atoms with Crippen molar-refractivity contribution in [2.75, 3.05) is 7.11 Å². The minimum absolute atomic E-state index is 0.0145. The molecule has 2 rings (SSSR count). The fraction of sp³-hybridized carbons (Fsp3) is 0.231. The predicted octanol–water partition coefficient (Wildman–Crippen LogP) is 1.68. The molecule has 7 nitrogen and oxygen atoms in total. The van der Waals surface area contributed by atoms with Crippen LogP contribution in [-0.2, 0) is 13.1 Å². The molecule has 0 bridgehead atoms. The lowest BCUT2D eigenvalue weighted by atomic mass is 10.2. The minimum Gasteiger partial charge on any atom is -0.496 e. The number of methoxy groups -OCH3 is 1. The van der Waals surface area contributed by atoms with Crippen LogP contribution in [-0.4, -0.2) is 22.2 Å². The number of nitrogens with zero attached hydrogens (tertiary/aromatic N) is 3. The Labute approximate surface area is 115 Å². The van der Waals surface area contributed by atoms with Gasteiger partial charge in [-0.1, -0.05) is 0 Å². The molecule has 7 heteroatoms. The number of rotatable bonds is 6. The fourth-order valence-corrected chi connectivity index (χ4v) is 1.73. The summed E-state index contributed by atoms with van der Waals surface area (Å²) in [6, 6.07) is 8.34. The van der Waals surface area contributed by atoms with Gasteiger partial charge in [0.1, 0.15) is 5.75 Å². The van der Waals surface area contributed by atoms with Crippen molar-refractivity contribution in [2.24, 2.45) is 0 Å². The standard InChI is InChI=1S/C13H14N4O3/c1-20-13-6-10(5-12(7-13)17(18)19)8-14-9-11-3-2-4-15-16-11/h2-7,14H,8-9H2,1H3. The van der Waals surface area contributed by atoms with Gasteiger partial charge in [0, 0.05) is 25.4 Å². The topological polar surface area (TPSA) is 90.2 Å². The second-order valence-electron chi connectivity index (χ2n) is 4.11. The van der Waals surface area contributed by atoms with Crippen LogP contribution in [0.5, 0.6) is 5.75 Å². The van der Waals surface area contributed by atoms with Crippen LogP contribution in [0.25, 0.3) is 0 Å². The Morgan fingerprint density at radius 1 is 1.35 bits per heavy atom. The number of nitro groups is 1. The van der Waals surface area contributed by atoms with Gasteiger partial charge in [-0.25, -0.2) is 0 Å². The molecule has 104 valence electrons. The second kappa shape index (κ2) is 6.58. The molecule has 1 aromatic heterocycles. The number of ether oxygens (including phenoxy) is 1. The Morgan fingerprint density at radius 3 is 2.85 bits per heavy atom. The maximum absolute atomic E-state index is 10.8.